The Bertz CT molecular complexity index is 3190. The topological polar surface area (TPSA) is 65.0 Å². The molecule has 242 valence electrons. The molecule has 0 fully saturated rings. The normalized spacial score (nSPS) is 11.8. The molecule has 0 aliphatic heterocycles. The molecule has 0 amide bonds. The molecule has 11 rings (SSSR count). The van der Waals surface area contributed by atoms with Gasteiger partial charge in [-0.2, -0.15) is 0 Å². The van der Waals surface area contributed by atoms with E-state index in [2.05, 4.69) is 97.1 Å². The van der Waals surface area contributed by atoms with Gasteiger partial charge in [-0.1, -0.05) is 133 Å². The van der Waals surface area contributed by atoms with Crippen LogP contribution in [0.4, 0.5) is 0 Å². The van der Waals surface area contributed by atoms with Gasteiger partial charge in [0.25, 0.3) is 0 Å². The lowest BCUT2D eigenvalue weighted by Gasteiger charge is -2.11. The van der Waals surface area contributed by atoms with E-state index in [1.165, 1.54) is 16.2 Å². The first kappa shape index (κ1) is 28.7. The highest BCUT2D eigenvalue weighted by molar-refractivity contribution is 6.21. The predicted octanol–water partition coefficient (Wildman–Crippen LogP) is 12.6. The fourth-order valence-corrected chi connectivity index (χ4v) is 7.76. The average molecular weight is 666 g/mol. The number of rotatable bonds is 4. The first-order chi connectivity index (χ1) is 25.8. The number of para-hydroxylation sites is 1. The highest BCUT2D eigenvalue weighted by atomic mass is 16.3. The molecule has 3 aromatic heterocycles. The molecule has 5 heteroatoms. The highest BCUT2D eigenvalue weighted by Gasteiger charge is 2.22. The van der Waals surface area contributed by atoms with Crippen molar-refractivity contribution in [3.05, 3.63) is 164 Å². The third-order valence-corrected chi connectivity index (χ3v) is 10.1. The van der Waals surface area contributed by atoms with Crippen molar-refractivity contribution in [1.82, 2.24) is 15.0 Å². The Labute approximate surface area is 297 Å². The second-order valence-corrected chi connectivity index (χ2v) is 13.1. The SMILES string of the molecule is c1ccc(-c2nc(-c3ccc4ccc5ccccc5c4c3)nc(-c3cccc4oc5cccc(-c6cccc7oc8ccccc8c67)c5c34)n2)cc1. The maximum Gasteiger partial charge on any atom is 0.164 e. The summed E-state index contributed by atoms with van der Waals surface area (Å²) < 4.78 is 12.9. The molecule has 3 heterocycles. The standard InChI is InChI=1S/C47H27N3O2/c1-2-12-30(13-3-1)45-48-46(31-26-25-29-24-23-28-11-4-5-14-32(28)37(29)27-31)50-47(49-45)36-18-10-22-41-44(36)43-34(17-9-21-40(43)52-41)33-16-8-20-39-42(33)35-15-6-7-19-38(35)51-39/h1-27H. The summed E-state index contributed by atoms with van der Waals surface area (Å²) in [6.45, 7) is 0. The number of fused-ring (bicyclic) bond motifs is 9. The van der Waals surface area contributed by atoms with Crippen molar-refractivity contribution in [1.29, 1.82) is 0 Å². The van der Waals surface area contributed by atoms with Gasteiger partial charge in [0.1, 0.15) is 22.3 Å². The van der Waals surface area contributed by atoms with Gasteiger partial charge in [0.05, 0.1) is 0 Å². The smallest absolute Gasteiger partial charge is 0.164 e. The van der Waals surface area contributed by atoms with Gasteiger partial charge >= 0.3 is 0 Å². The van der Waals surface area contributed by atoms with Gasteiger partial charge in [-0.15, -0.1) is 0 Å². The van der Waals surface area contributed by atoms with Crippen LogP contribution < -0.4 is 0 Å². The van der Waals surface area contributed by atoms with E-state index < -0.39 is 0 Å². The zero-order valence-corrected chi connectivity index (χ0v) is 27.7. The van der Waals surface area contributed by atoms with E-state index in [0.29, 0.717) is 17.5 Å². The van der Waals surface area contributed by atoms with Gasteiger partial charge in [0, 0.05) is 38.2 Å². The average Bonchev–Trinajstić information content (AvgIpc) is 3.80. The summed E-state index contributed by atoms with van der Waals surface area (Å²) in [5.41, 5.74) is 8.13. The van der Waals surface area contributed by atoms with Crippen molar-refractivity contribution in [2.45, 2.75) is 0 Å². The molecule has 52 heavy (non-hydrogen) atoms. The molecule has 0 saturated carbocycles. The molecule has 0 saturated heterocycles. The van der Waals surface area contributed by atoms with Crippen LogP contribution in [-0.4, -0.2) is 15.0 Å². The van der Waals surface area contributed by atoms with Crippen LogP contribution in [0, 0.1) is 0 Å². The molecule has 0 radical (unpaired) electrons. The lowest BCUT2D eigenvalue weighted by Crippen LogP contribution is -2.00. The molecular weight excluding hydrogens is 639 g/mol. The van der Waals surface area contributed by atoms with E-state index in [1.807, 2.05) is 66.7 Å². The van der Waals surface area contributed by atoms with Gasteiger partial charge in [0.2, 0.25) is 0 Å². The molecule has 0 N–H and O–H groups in total. The molecule has 11 aromatic rings. The van der Waals surface area contributed by atoms with Crippen LogP contribution in [-0.2, 0) is 0 Å². The first-order valence-electron chi connectivity index (χ1n) is 17.4. The lowest BCUT2D eigenvalue weighted by molar-refractivity contribution is 0.668. The zero-order chi connectivity index (χ0) is 34.2. The van der Waals surface area contributed by atoms with Crippen LogP contribution >= 0.6 is 0 Å². The zero-order valence-electron chi connectivity index (χ0n) is 27.7. The van der Waals surface area contributed by atoms with Crippen molar-refractivity contribution in [3.8, 4) is 45.3 Å². The van der Waals surface area contributed by atoms with Crippen LogP contribution in [0.3, 0.4) is 0 Å². The monoisotopic (exact) mass is 665 g/mol. The summed E-state index contributed by atoms with van der Waals surface area (Å²) in [6, 6.07) is 56.2. The van der Waals surface area contributed by atoms with Crippen molar-refractivity contribution >= 4 is 65.4 Å². The van der Waals surface area contributed by atoms with Crippen molar-refractivity contribution in [3.63, 3.8) is 0 Å². The molecule has 0 atom stereocenters. The number of aromatic nitrogens is 3. The summed E-state index contributed by atoms with van der Waals surface area (Å²) in [6.07, 6.45) is 0. The fourth-order valence-electron chi connectivity index (χ4n) is 7.76. The van der Waals surface area contributed by atoms with Crippen LogP contribution in [0.1, 0.15) is 0 Å². The molecule has 0 bridgehead atoms. The number of hydrogen-bond donors (Lipinski definition) is 0. The Hall–Kier alpha value is -7.11. The van der Waals surface area contributed by atoms with Gasteiger partial charge in [-0.3, -0.25) is 0 Å². The Balaban J connectivity index is 1.19. The third-order valence-electron chi connectivity index (χ3n) is 10.1. The molecule has 0 spiro atoms. The Morgan fingerprint density at radius 2 is 0.827 bits per heavy atom. The van der Waals surface area contributed by atoms with Crippen molar-refractivity contribution < 1.29 is 8.83 Å². The van der Waals surface area contributed by atoms with E-state index in [9.17, 15) is 0 Å². The number of furan rings is 2. The molecular formula is C47H27N3O2. The molecule has 0 aliphatic rings. The van der Waals surface area contributed by atoms with Gasteiger partial charge in [-0.05, 0) is 63.0 Å². The van der Waals surface area contributed by atoms with E-state index >= 15 is 0 Å². The minimum Gasteiger partial charge on any atom is -0.456 e. The van der Waals surface area contributed by atoms with E-state index in [4.69, 9.17) is 23.8 Å². The minimum atomic E-state index is 0.581. The Morgan fingerprint density at radius 3 is 1.62 bits per heavy atom. The van der Waals surface area contributed by atoms with Gasteiger partial charge < -0.3 is 8.83 Å². The predicted molar refractivity (Wildman–Crippen MR) is 211 cm³/mol. The third kappa shape index (κ3) is 4.39. The summed E-state index contributed by atoms with van der Waals surface area (Å²) >= 11 is 0. The van der Waals surface area contributed by atoms with Crippen LogP contribution in [0.15, 0.2) is 173 Å². The summed E-state index contributed by atoms with van der Waals surface area (Å²) in [7, 11) is 0. The fraction of sp³-hybridized carbons (Fsp3) is 0. The van der Waals surface area contributed by atoms with E-state index in [-0.39, 0.29) is 0 Å². The van der Waals surface area contributed by atoms with E-state index in [0.717, 1.165) is 77.1 Å². The minimum absolute atomic E-state index is 0.581. The molecule has 5 nitrogen and oxygen atoms in total. The van der Waals surface area contributed by atoms with Gasteiger partial charge in [-0.25, -0.2) is 15.0 Å². The van der Waals surface area contributed by atoms with Gasteiger partial charge in [0.15, 0.2) is 17.5 Å². The number of nitrogens with zero attached hydrogens (tertiary/aromatic N) is 3. The summed E-state index contributed by atoms with van der Waals surface area (Å²) in [5.74, 6) is 1.80. The number of benzene rings is 8. The Morgan fingerprint density at radius 1 is 0.308 bits per heavy atom. The van der Waals surface area contributed by atoms with Crippen LogP contribution in [0.25, 0.3) is 111 Å². The molecule has 0 unspecified atom stereocenters. The second kappa shape index (κ2) is 11.2. The summed E-state index contributed by atoms with van der Waals surface area (Å²) in [4.78, 5) is 15.5. The first-order valence-corrected chi connectivity index (χ1v) is 17.4. The van der Waals surface area contributed by atoms with Crippen LogP contribution in [0.2, 0.25) is 0 Å². The van der Waals surface area contributed by atoms with Crippen molar-refractivity contribution in [2.24, 2.45) is 0 Å². The largest absolute Gasteiger partial charge is 0.456 e. The number of hydrogen-bond acceptors (Lipinski definition) is 5. The second-order valence-electron chi connectivity index (χ2n) is 13.1. The maximum atomic E-state index is 6.58. The Kier molecular flexibility index (Phi) is 6.18. The lowest BCUT2D eigenvalue weighted by atomic mass is 9.94. The maximum absolute atomic E-state index is 6.58. The molecule has 8 aromatic carbocycles. The van der Waals surface area contributed by atoms with E-state index in [1.54, 1.807) is 0 Å². The van der Waals surface area contributed by atoms with Crippen molar-refractivity contribution in [2.75, 3.05) is 0 Å². The van der Waals surface area contributed by atoms with Crippen LogP contribution in [0.5, 0.6) is 0 Å². The quantitative estimate of drug-likeness (QED) is 0.175. The summed E-state index contributed by atoms with van der Waals surface area (Å²) in [5, 5.41) is 8.84. The highest BCUT2D eigenvalue weighted by Crippen LogP contribution is 2.44. The molecule has 0 aliphatic carbocycles.